The molecule has 6 heteroatoms. The minimum Gasteiger partial charge on any atom is -0.441 e. The van der Waals surface area contributed by atoms with Crippen molar-refractivity contribution in [3.05, 3.63) is 77.3 Å². The number of aromatic nitrogens is 1. The quantitative estimate of drug-likeness (QED) is 0.595. The Balaban J connectivity index is 1.60. The van der Waals surface area contributed by atoms with E-state index in [1.165, 1.54) is 11.0 Å². The van der Waals surface area contributed by atoms with E-state index in [9.17, 15) is 13.6 Å². The number of carbonyl (C=O) groups is 1. The first-order chi connectivity index (χ1) is 13.3. The van der Waals surface area contributed by atoms with Crippen LogP contribution in [0, 0.1) is 18.6 Å². The van der Waals surface area contributed by atoms with E-state index in [1.807, 2.05) is 31.2 Å². The molecule has 2 aromatic carbocycles. The highest BCUT2D eigenvalue weighted by molar-refractivity contribution is 5.76. The van der Waals surface area contributed by atoms with Crippen LogP contribution in [-0.4, -0.2) is 22.8 Å². The lowest BCUT2D eigenvalue weighted by Gasteiger charge is -2.25. The Bertz CT molecular complexity index is 967. The van der Waals surface area contributed by atoms with E-state index in [2.05, 4.69) is 4.98 Å². The Labute approximate surface area is 162 Å². The predicted octanol–water partition coefficient (Wildman–Crippen LogP) is 5.08. The Morgan fingerprint density at radius 1 is 1.14 bits per heavy atom. The highest BCUT2D eigenvalue weighted by Crippen LogP contribution is 2.23. The second-order valence-corrected chi connectivity index (χ2v) is 6.84. The van der Waals surface area contributed by atoms with Crippen LogP contribution in [0.4, 0.5) is 8.78 Å². The molecule has 1 atom stereocenters. The third-order valence-electron chi connectivity index (χ3n) is 4.84. The van der Waals surface area contributed by atoms with Gasteiger partial charge in [0.2, 0.25) is 5.91 Å². The second kappa shape index (κ2) is 8.33. The zero-order valence-corrected chi connectivity index (χ0v) is 16.1. The van der Waals surface area contributed by atoms with Crippen LogP contribution in [0.25, 0.3) is 11.3 Å². The monoisotopic (exact) mass is 384 g/mol. The molecular formula is C22H22F2N2O2. The van der Waals surface area contributed by atoms with Gasteiger partial charge in [0.05, 0.1) is 12.2 Å². The largest absolute Gasteiger partial charge is 0.441 e. The third-order valence-corrected chi connectivity index (χ3v) is 4.84. The van der Waals surface area contributed by atoms with Crippen LogP contribution in [0.3, 0.4) is 0 Å². The van der Waals surface area contributed by atoms with Crippen molar-refractivity contribution in [2.24, 2.45) is 0 Å². The van der Waals surface area contributed by atoms with Crippen LogP contribution < -0.4 is 0 Å². The highest BCUT2D eigenvalue weighted by atomic mass is 19.2. The summed E-state index contributed by atoms with van der Waals surface area (Å²) in [6.45, 7) is 3.78. The van der Waals surface area contributed by atoms with Crippen LogP contribution in [0.2, 0.25) is 0 Å². The standard InChI is InChI=1S/C22H22F2N2O2/c1-14-4-6-16(7-5-14)20-13-25-21(28-20)10-11-22(27)26(3)15(2)17-8-9-18(23)19(24)12-17/h4-9,12-13,15H,10-11H2,1-3H3/t15-/m0/s1. The van der Waals surface area contributed by atoms with Crippen LogP contribution in [0.5, 0.6) is 0 Å². The summed E-state index contributed by atoms with van der Waals surface area (Å²) >= 11 is 0. The van der Waals surface area contributed by atoms with Crippen molar-refractivity contribution in [3.8, 4) is 11.3 Å². The number of halogens is 2. The number of hydrogen-bond acceptors (Lipinski definition) is 3. The van der Waals surface area contributed by atoms with E-state index in [0.29, 0.717) is 23.6 Å². The molecule has 1 heterocycles. The minimum atomic E-state index is -0.923. The third kappa shape index (κ3) is 4.44. The first-order valence-corrected chi connectivity index (χ1v) is 9.07. The number of carbonyl (C=O) groups excluding carboxylic acids is 1. The number of rotatable bonds is 6. The number of benzene rings is 2. The lowest BCUT2D eigenvalue weighted by atomic mass is 10.1. The van der Waals surface area contributed by atoms with Crippen molar-refractivity contribution in [2.45, 2.75) is 32.7 Å². The van der Waals surface area contributed by atoms with Gasteiger partial charge in [-0.15, -0.1) is 0 Å². The summed E-state index contributed by atoms with van der Waals surface area (Å²) in [6, 6.07) is 11.2. The molecule has 146 valence electrons. The highest BCUT2D eigenvalue weighted by Gasteiger charge is 2.19. The fraction of sp³-hybridized carbons (Fsp3) is 0.273. The lowest BCUT2D eigenvalue weighted by molar-refractivity contribution is -0.131. The van der Waals surface area contributed by atoms with E-state index in [0.717, 1.165) is 23.3 Å². The molecule has 0 saturated heterocycles. The molecule has 1 aromatic heterocycles. The van der Waals surface area contributed by atoms with Crippen LogP contribution in [0.1, 0.15) is 36.4 Å². The van der Waals surface area contributed by atoms with Crippen molar-refractivity contribution < 1.29 is 18.0 Å². The number of hydrogen-bond donors (Lipinski definition) is 0. The molecular weight excluding hydrogens is 362 g/mol. The number of oxazole rings is 1. The Morgan fingerprint density at radius 3 is 2.54 bits per heavy atom. The van der Waals surface area contributed by atoms with Gasteiger partial charge in [0.1, 0.15) is 0 Å². The van der Waals surface area contributed by atoms with Crippen LogP contribution in [-0.2, 0) is 11.2 Å². The van der Waals surface area contributed by atoms with E-state index in [4.69, 9.17) is 4.42 Å². The molecule has 0 fully saturated rings. The van der Waals surface area contributed by atoms with Gasteiger partial charge in [0.15, 0.2) is 23.3 Å². The molecule has 0 aliphatic heterocycles. The Hall–Kier alpha value is -3.02. The summed E-state index contributed by atoms with van der Waals surface area (Å²) in [6.07, 6.45) is 2.22. The molecule has 0 aliphatic carbocycles. The molecule has 0 unspecified atom stereocenters. The predicted molar refractivity (Wildman–Crippen MR) is 103 cm³/mol. The zero-order valence-electron chi connectivity index (χ0n) is 16.1. The normalized spacial score (nSPS) is 12.0. The van der Waals surface area contributed by atoms with Crippen molar-refractivity contribution in [1.82, 2.24) is 9.88 Å². The molecule has 4 nitrogen and oxygen atoms in total. The molecule has 3 aromatic rings. The topological polar surface area (TPSA) is 46.3 Å². The summed E-state index contributed by atoms with van der Waals surface area (Å²) in [5, 5.41) is 0. The number of nitrogens with zero attached hydrogens (tertiary/aromatic N) is 2. The summed E-state index contributed by atoms with van der Waals surface area (Å²) in [5.41, 5.74) is 2.62. The van der Waals surface area contributed by atoms with E-state index < -0.39 is 11.6 Å². The first kappa shape index (κ1) is 19.7. The molecule has 0 spiro atoms. The lowest BCUT2D eigenvalue weighted by Crippen LogP contribution is -2.30. The Kier molecular flexibility index (Phi) is 5.87. The SMILES string of the molecule is Cc1ccc(-c2cnc(CCC(=O)N(C)[C@@H](C)c3ccc(F)c(F)c3)o2)cc1. The van der Waals surface area contributed by atoms with Crippen LogP contribution in [0.15, 0.2) is 53.1 Å². The van der Waals surface area contributed by atoms with Gasteiger partial charge in [0, 0.05) is 25.5 Å². The summed E-state index contributed by atoms with van der Waals surface area (Å²) in [4.78, 5) is 18.2. The minimum absolute atomic E-state index is 0.132. The molecule has 0 N–H and O–H groups in total. The maximum Gasteiger partial charge on any atom is 0.223 e. The molecule has 0 bridgehead atoms. The van der Waals surface area contributed by atoms with Gasteiger partial charge in [-0.3, -0.25) is 4.79 Å². The van der Waals surface area contributed by atoms with Gasteiger partial charge in [-0.1, -0.05) is 35.9 Å². The summed E-state index contributed by atoms with van der Waals surface area (Å²) in [7, 11) is 1.64. The number of amides is 1. The number of aryl methyl sites for hydroxylation is 2. The first-order valence-electron chi connectivity index (χ1n) is 9.07. The molecule has 3 rings (SSSR count). The molecule has 28 heavy (non-hydrogen) atoms. The molecule has 1 amide bonds. The van der Waals surface area contributed by atoms with Gasteiger partial charge in [-0.2, -0.15) is 0 Å². The van der Waals surface area contributed by atoms with E-state index in [-0.39, 0.29) is 18.4 Å². The van der Waals surface area contributed by atoms with Gasteiger partial charge < -0.3 is 9.32 Å². The Morgan fingerprint density at radius 2 is 1.86 bits per heavy atom. The van der Waals surface area contributed by atoms with Gasteiger partial charge >= 0.3 is 0 Å². The fourth-order valence-corrected chi connectivity index (χ4v) is 2.88. The van der Waals surface area contributed by atoms with Crippen molar-refractivity contribution in [1.29, 1.82) is 0 Å². The van der Waals surface area contributed by atoms with Gasteiger partial charge in [-0.25, -0.2) is 13.8 Å². The van der Waals surface area contributed by atoms with Gasteiger partial charge in [-0.05, 0) is 31.5 Å². The van der Waals surface area contributed by atoms with Crippen molar-refractivity contribution in [2.75, 3.05) is 7.05 Å². The van der Waals surface area contributed by atoms with Gasteiger partial charge in [0.25, 0.3) is 0 Å². The summed E-state index contributed by atoms with van der Waals surface area (Å²) in [5.74, 6) is -0.817. The maximum absolute atomic E-state index is 13.4. The maximum atomic E-state index is 13.4. The average molecular weight is 384 g/mol. The molecule has 0 saturated carbocycles. The summed E-state index contributed by atoms with van der Waals surface area (Å²) < 4.78 is 32.3. The van der Waals surface area contributed by atoms with Crippen LogP contribution >= 0.6 is 0 Å². The molecule has 0 aliphatic rings. The zero-order chi connectivity index (χ0) is 20.3. The van der Waals surface area contributed by atoms with Crippen molar-refractivity contribution in [3.63, 3.8) is 0 Å². The fourth-order valence-electron chi connectivity index (χ4n) is 2.88. The molecule has 0 radical (unpaired) electrons. The van der Waals surface area contributed by atoms with E-state index >= 15 is 0 Å². The average Bonchev–Trinajstić information content (AvgIpc) is 3.16. The van der Waals surface area contributed by atoms with Crippen molar-refractivity contribution >= 4 is 5.91 Å². The smallest absolute Gasteiger partial charge is 0.223 e. The van der Waals surface area contributed by atoms with E-state index in [1.54, 1.807) is 20.2 Å². The second-order valence-electron chi connectivity index (χ2n) is 6.84.